The molecule has 3 rings (SSSR count). The summed E-state index contributed by atoms with van der Waals surface area (Å²) in [6.45, 7) is 0. The van der Waals surface area contributed by atoms with Gasteiger partial charge in [0.25, 0.3) is 0 Å². The predicted molar refractivity (Wildman–Crippen MR) is 103 cm³/mol. The summed E-state index contributed by atoms with van der Waals surface area (Å²) in [7, 11) is 0. The Balaban J connectivity index is 1.61. The highest BCUT2D eigenvalue weighted by Gasteiger charge is 2.14. The Bertz CT molecular complexity index is 801. The lowest BCUT2D eigenvalue weighted by molar-refractivity contribution is -0.115. The summed E-state index contributed by atoms with van der Waals surface area (Å²) in [6, 6.07) is 9.67. The summed E-state index contributed by atoms with van der Waals surface area (Å²) in [5, 5.41) is 13.0. The van der Waals surface area contributed by atoms with E-state index in [9.17, 15) is 10.1 Å². The van der Waals surface area contributed by atoms with Crippen molar-refractivity contribution in [2.24, 2.45) is 0 Å². The van der Waals surface area contributed by atoms with Gasteiger partial charge in [-0.15, -0.1) is 11.8 Å². The molecule has 0 radical (unpaired) electrons. The van der Waals surface area contributed by atoms with Crippen molar-refractivity contribution < 1.29 is 4.79 Å². The van der Waals surface area contributed by atoms with Gasteiger partial charge < -0.3 is 5.32 Å². The minimum absolute atomic E-state index is 0.0824. The third kappa shape index (κ3) is 5.06. The van der Waals surface area contributed by atoms with Crippen molar-refractivity contribution in [3.63, 3.8) is 0 Å². The molecule has 1 aliphatic carbocycles. The van der Waals surface area contributed by atoms with Crippen molar-refractivity contribution in [2.75, 3.05) is 11.1 Å². The molecule has 134 valence electrons. The van der Waals surface area contributed by atoms with Crippen molar-refractivity contribution in [1.82, 2.24) is 9.97 Å². The van der Waals surface area contributed by atoms with Crippen LogP contribution in [-0.2, 0) is 17.6 Å². The van der Waals surface area contributed by atoms with Crippen LogP contribution in [0.25, 0.3) is 0 Å². The molecule has 1 amide bonds. The molecule has 0 spiro atoms. The number of anilines is 1. The monoisotopic (exact) mass is 366 g/mol. The molecule has 0 fully saturated rings. The minimum atomic E-state index is -0.0824. The van der Waals surface area contributed by atoms with Gasteiger partial charge in [0.05, 0.1) is 5.56 Å². The standard InChI is InChI=1S/C20H22N4OS/c21-14-16-13-15-7-3-1-2-4-8-17(15)23-20(16)26-12-10-19(25)24-18-9-5-6-11-22-18/h5-6,9,11,13H,1-4,7-8,10,12H2,(H,22,24,25). The molecular formula is C20H22N4OS. The maximum Gasteiger partial charge on any atom is 0.226 e. The Morgan fingerprint density at radius 2 is 2.08 bits per heavy atom. The first kappa shape index (κ1) is 18.4. The van der Waals surface area contributed by atoms with E-state index in [2.05, 4.69) is 16.4 Å². The number of amides is 1. The fraction of sp³-hybridized carbons (Fsp3) is 0.400. The van der Waals surface area contributed by atoms with E-state index >= 15 is 0 Å². The van der Waals surface area contributed by atoms with Crippen molar-refractivity contribution in [2.45, 2.75) is 50.0 Å². The molecule has 1 N–H and O–H groups in total. The van der Waals surface area contributed by atoms with E-state index in [-0.39, 0.29) is 5.91 Å². The molecular weight excluding hydrogens is 344 g/mol. The number of nitrogens with zero attached hydrogens (tertiary/aromatic N) is 3. The van der Waals surface area contributed by atoms with E-state index in [1.165, 1.54) is 36.6 Å². The summed E-state index contributed by atoms with van der Waals surface area (Å²) < 4.78 is 0. The Morgan fingerprint density at radius 1 is 1.23 bits per heavy atom. The number of aryl methyl sites for hydroxylation is 2. The summed E-state index contributed by atoms with van der Waals surface area (Å²) >= 11 is 1.48. The van der Waals surface area contributed by atoms with Gasteiger partial charge in [0.2, 0.25) is 5.91 Å². The molecule has 1 aliphatic rings. The van der Waals surface area contributed by atoms with Gasteiger partial charge >= 0.3 is 0 Å². The Kier molecular flexibility index (Phi) is 6.62. The third-order valence-corrected chi connectivity index (χ3v) is 5.38. The maximum absolute atomic E-state index is 12.0. The number of fused-ring (bicyclic) bond motifs is 1. The fourth-order valence-corrected chi connectivity index (χ4v) is 3.96. The molecule has 2 aromatic heterocycles. The molecule has 0 atom stereocenters. The van der Waals surface area contributed by atoms with Crippen LogP contribution in [0, 0.1) is 11.3 Å². The average Bonchev–Trinajstić information content (AvgIpc) is 2.63. The lowest BCUT2D eigenvalue weighted by Crippen LogP contribution is -2.13. The summed E-state index contributed by atoms with van der Waals surface area (Å²) in [4.78, 5) is 20.9. The predicted octanol–water partition coefficient (Wildman–Crippen LogP) is 4.13. The number of carbonyl (C=O) groups excluding carboxylic acids is 1. The van der Waals surface area contributed by atoms with E-state index < -0.39 is 0 Å². The lowest BCUT2D eigenvalue weighted by Gasteiger charge is -2.15. The highest BCUT2D eigenvalue weighted by atomic mass is 32.2. The van der Waals surface area contributed by atoms with E-state index in [0.29, 0.717) is 23.6 Å². The zero-order chi connectivity index (χ0) is 18.2. The molecule has 0 unspecified atom stereocenters. The SMILES string of the molecule is N#Cc1cc2c(nc1SCCC(=O)Nc1ccccn1)CCCCCC2. The number of hydrogen-bond donors (Lipinski definition) is 1. The van der Waals surface area contributed by atoms with E-state index in [1.54, 1.807) is 18.3 Å². The molecule has 2 aromatic rings. The number of nitrogens with one attached hydrogen (secondary N) is 1. The van der Waals surface area contributed by atoms with Gasteiger partial charge in [0, 0.05) is 24.1 Å². The van der Waals surface area contributed by atoms with Crippen LogP contribution in [0.15, 0.2) is 35.5 Å². The third-order valence-electron chi connectivity index (χ3n) is 4.39. The van der Waals surface area contributed by atoms with E-state index in [0.717, 1.165) is 30.0 Å². The first-order valence-corrected chi connectivity index (χ1v) is 10.0. The molecule has 0 bridgehead atoms. The van der Waals surface area contributed by atoms with Gasteiger partial charge in [0.1, 0.15) is 16.9 Å². The molecule has 2 heterocycles. The smallest absolute Gasteiger partial charge is 0.226 e. The normalized spacial score (nSPS) is 13.8. The maximum atomic E-state index is 12.0. The molecule has 0 aromatic carbocycles. The second-order valence-electron chi connectivity index (χ2n) is 6.33. The van der Waals surface area contributed by atoms with Gasteiger partial charge in [-0.05, 0) is 49.4 Å². The molecule has 26 heavy (non-hydrogen) atoms. The highest BCUT2D eigenvalue weighted by molar-refractivity contribution is 7.99. The van der Waals surface area contributed by atoms with Crippen LogP contribution in [0.3, 0.4) is 0 Å². The van der Waals surface area contributed by atoms with Gasteiger partial charge in [-0.3, -0.25) is 4.79 Å². The Morgan fingerprint density at radius 3 is 2.85 bits per heavy atom. The molecule has 6 heteroatoms. The van der Waals surface area contributed by atoms with Crippen LogP contribution in [-0.4, -0.2) is 21.6 Å². The fourth-order valence-electron chi connectivity index (χ4n) is 3.04. The largest absolute Gasteiger partial charge is 0.311 e. The number of rotatable bonds is 5. The van der Waals surface area contributed by atoms with E-state index in [1.807, 2.05) is 12.1 Å². The molecule has 0 aliphatic heterocycles. The zero-order valence-electron chi connectivity index (χ0n) is 14.7. The quantitative estimate of drug-likeness (QED) is 0.805. The van der Waals surface area contributed by atoms with Crippen LogP contribution in [0.1, 0.15) is 48.9 Å². The number of hydrogen-bond acceptors (Lipinski definition) is 5. The highest BCUT2D eigenvalue weighted by Crippen LogP contribution is 2.27. The number of thioether (sulfide) groups is 1. The Labute approximate surface area is 158 Å². The summed E-state index contributed by atoms with van der Waals surface area (Å²) in [5.74, 6) is 1.06. The van der Waals surface area contributed by atoms with Crippen LogP contribution < -0.4 is 5.32 Å². The van der Waals surface area contributed by atoms with Gasteiger partial charge in [-0.2, -0.15) is 5.26 Å². The van der Waals surface area contributed by atoms with Crippen molar-refractivity contribution in [1.29, 1.82) is 5.26 Å². The minimum Gasteiger partial charge on any atom is -0.311 e. The van der Waals surface area contributed by atoms with Crippen molar-refractivity contribution in [3.05, 3.63) is 47.3 Å². The number of carbonyl (C=O) groups is 1. The number of nitriles is 1. The van der Waals surface area contributed by atoms with Crippen LogP contribution >= 0.6 is 11.8 Å². The molecule has 5 nitrogen and oxygen atoms in total. The topological polar surface area (TPSA) is 78.7 Å². The van der Waals surface area contributed by atoms with Crippen LogP contribution in [0.5, 0.6) is 0 Å². The molecule has 0 saturated heterocycles. The van der Waals surface area contributed by atoms with Gasteiger partial charge in [-0.25, -0.2) is 9.97 Å². The van der Waals surface area contributed by atoms with Crippen LogP contribution in [0.2, 0.25) is 0 Å². The second kappa shape index (κ2) is 9.35. The van der Waals surface area contributed by atoms with Crippen molar-refractivity contribution >= 4 is 23.5 Å². The number of aromatic nitrogens is 2. The van der Waals surface area contributed by atoms with Crippen LogP contribution in [0.4, 0.5) is 5.82 Å². The van der Waals surface area contributed by atoms with Gasteiger partial charge in [0.15, 0.2) is 0 Å². The number of pyridine rings is 2. The summed E-state index contributed by atoms with van der Waals surface area (Å²) in [5.41, 5.74) is 2.97. The summed E-state index contributed by atoms with van der Waals surface area (Å²) in [6.07, 6.45) is 8.81. The Hall–Kier alpha value is -2.39. The average molecular weight is 366 g/mol. The van der Waals surface area contributed by atoms with E-state index in [4.69, 9.17) is 4.98 Å². The van der Waals surface area contributed by atoms with Gasteiger partial charge in [-0.1, -0.05) is 18.9 Å². The first-order chi connectivity index (χ1) is 12.8. The van der Waals surface area contributed by atoms with Crippen molar-refractivity contribution in [3.8, 4) is 6.07 Å². The zero-order valence-corrected chi connectivity index (χ0v) is 15.5. The molecule has 0 saturated carbocycles. The second-order valence-corrected chi connectivity index (χ2v) is 7.42. The first-order valence-electron chi connectivity index (χ1n) is 9.03. The lowest BCUT2D eigenvalue weighted by atomic mass is 9.96.